The third-order valence-corrected chi connectivity index (χ3v) is 9.57. The smallest absolute Gasteiger partial charge is 0.387 e. The lowest BCUT2D eigenvalue weighted by atomic mass is 9.92. The summed E-state index contributed by atoms with van der Waals surface area (Å²) in [5.41, 5.74) is 5.30. The predicted octanol–water partition coefficient (Wildman–Crippen LogP) is 6.93. The Hall–Kier alpha value is -4.74. The molecule has 1 N–H and O–H groups in total. The number of aromatic nitrogens is 1. The first-order valence-electron chi connectivity index (χ1n) is 17.2. The van der Waals surface area contributed by atoms with Crippen LogP contribution in [-0.4, -0.2) is 78.3 Å². The van der Waals surface area contributed by atoms with Crippen LogP contribution in [-0.2, 0) is 24.8 Å². The van der Waals surface area contributed by atoms with Crippen LogP contribution in [0.3, 0.4) is 0 Å². The molecule has 3 heterocycles. The number of alkyl halides is 2. The minimum absolute atomic E-state index is 0.111. The average molecular weight is 687 g/mol. The summed E-state index contributed by atoms with van der Waals surface area (Å²) in [4.78, 5) is 32.4. The van der Waals surface area contributed by atoms with Gasteiger partial charge in [0.15, 0.2) is 0 Å². The van der Waals surface area contributed by atoms with E-state index >= 15 is 0 Å². The summed E-state index contributed by atoms with van der Waals surface area (Å²) in [7, 11) is 1.82. The zero-order valence-electron chi connectivity index (χ0n) is 28.8. The molecule has 11 heteroatoms. The van der Waals surface area contributed by atoms with Gasteiger partial charge in [-0.2, -0.15) is 8.78 Å². The number of amides is 2. The van der Waals surface area contributed by atoms with E-state index in [-0.39, 0.29) is 29.2 Å². The lowest BCUT2D eigenvalue weighted by Gasteiger charge is -2.40. The van der Waals surface area contributed by atoms with Crippen LogP contribution in [0, 0.1) is 6.92 Å². The first-order valence-corrected chi connectivity index (χ1v) is 17.2. The van der Waals surface area contributed by atoms with E-state index in [1.54, 1.807) is 24.3 Å². The number of anilines is 1. The molecule has 264 valence electrons. The number of benzene rings is 3. The molecule has 0 unspecified atom stereocenters. The molecule has 3 aromatic carbocycles. The summed E-state index contributed by atoms with van der Waals surface area (Å²) in [6, 6.07) is 21.3. The Bertz CT molecular complexity index is 1800. The number of nitrogens with one attached hydrogen (secondary N) is 1. The number of morpholine rings is 1. The van der Waals surface area contributed by atoms with Crippen LogP contribution in [0.15, 0.2) is 72.8 Å². The molecule has 0 radical (unpaired) electrons. The van der Waals surface area contributed by atoms with Gasteiger partial charge in [0.1, 0.15) is 11.5 Å². The summed E-state index contributed by atoms with van der Waals surface area (Å²) >= 11 is 0. The fourth-order valence-electron chi connectivity index (χ4n) is 6.68. The second-order valence-electron chi connectivity index (χ2n) is 12.8. The van der Waals surface area contributed by atoms with E-state index < -0.39 is 6.61 Å². The van der Waals surface area contributed by atoms with Crippen molar-refractivity contribution in [2.75, 3.05) is 44.8 Å². The van der Waals surface area contributed by atoms with Gasteiger partial charge in [-0.05, 0) is 79.4 Å². The monoisotopic (exact) mass is 686 g/mol. The van der Waals surface area contributed by atoms with Crippen molar-refractivity contribution in [2.45, 2.75) is 52.3 Å². The molecule has 1 fully saturated rings. The van der Waals surface area contributed by atoms with Crippen LogP contribution < -0.4 is 14.8 Å². The summed E-state index contributed by atoms with van der Waals surface area (Å²) in [6.07, 6.45) is 2.67. The van der Waals surface area contributed by atoms with Gasteiger partial charge in [0, 0.05) is 61.9 Å². The van der Waals surface area contributed by atoms with Crippen LogP contribution >= 0.6 is 0 Å². The Labute approximate surface area is 291 Å². The van der Waals surface area contributed by atoms with Crippen molar-refractivity contribution in [3.63, 3.8) is 0 Å². The Balaban J connectivity index is 1.32. The van der Waals surface area contributed by atoms with E-state index in [2.05, 4.69) is 23.2 Å². The Kier molecular flexibility index (Phi) is 11.1. The highest BCUT2D eigenvalue weighted by Gasteiger charge is 2.34. The molecular weight excluding hydrogens is 642 g/mol. The Morgan fingerprint density at radius 3 is 2.40 bits per heavy atom. The lowest BCUT2D eigenvalue weighted by molar-refractivity contribution is -0.0499. The summed E-state index contributed by atoms with van der Waals surface area (Å²) in [5, 5.41) is 2.96. The fraction of sp³-hybridized carbons (Fsp3) is 0.385. The molecule has 0 bridgehead atoms. The summed E-state index contributed by atoms with van der Waals surface area (Å²) in [6.45, 7) is 5.37. The van der Waals surface area contributed by atoms with E-state index in [1.807, 2.05) is 53.8 Å². The van der Waals surface area contributed by atoms with Crippen molar-refractivity contribution in [2.24, 2.45) is 7.05 Å². The second kappa shape index (κ2) is 15.9. The van der Waals surface area contributed by atoms with Crippen LogP contribution in [0.4, 0.5) is 14.5 Å². The van der Waals surface area contributed by atoms with Crippen molar-refractivity contribution in [1.82, 2.24) is 14.4 Å². The number of ether oxygens (including phenoxy) is 3. The standard InChI is InChI=1S/C39H44F2N4O5/c1-4-5-18-49-31-12-10-29(11-13-31)42-37(46)34-23-36(43(3)26(34)2)33-15-14-32(50-39(40)41)22-35(33)38(47)45-24-28-9-7-6-8-27(28)21-30(45)25-44-16-19-48-20-17-44/h6-15,22-23,30,39H,4-5,16-21,24-25H2,1-3H3,(H,42,46)/t30-/m0/s1. The molecule has 0 saturated carbocycles. The van der Waals surface area contributed by atoms with Crippen molar-refractivity contribution in [3.05, 3.63) is 101 Å². The molecule has 2 aliphatic heterocycles. The number of hydrogen-bond donors (Lipinski definition) is 1. The Morgan fingerprint density at radius 2 is 1.68 bits per heavy atom. The molecule has 0 spiro atoms. The zero-order chi connectivity index (χ0) is 35.2. The van der Waals surface area contributed by atoms with Crippen LogP contribution in [0.5, 0.6) is 11.5 Å². The molecule has 9 nitrogen and oxygen atoms in total. The number of unbranched alkanes of at least 4 members (excludes halogenated alkanes) is 1. The van der Waals surface area contributed by atoms with Crippen molar-refractivity contribution in [3.8, 4) is 22.8 Å². The van der Waals surface area contributed by atoms with Gasteiger partial charge in [0.2, 0.25) is 0 Å². The topological polar surface area (TPSA) is 85.3 Å². The maximum Gasteiger partial charge on any atom is 0.387 e. The first-order chi connectivity index (χ1) is 24.2. The quantitative estimate of drug-likeness (QED) is 0.163. The van der Waals surface area contributed by atoms with Gasteiger partial charge in [0.25, 0.3) is 11.8 Å². The molecular formula is C39H44F2N4O5. The van der Waals surface area contributed by atoms with E-state index in [9.17, 15) is 18.4 Å². The van der Waals surface area contributed by atoms with Crippen molar-refractivity contribution < 1.29 is 32.6 Å². The van der Waals surface area contributed by atoms with Gasteiger partial charge in [0.05, 0.1) is 30.9 Å². The molecule has 1 atom stereocenters. The number of carbonyl (C=O) groups excluding carboxylic acids is 2. The molecule has 2 aliphatic rings. The molecule has 6 rings (SSSR count). The second-order valence-corrected chi connectivity index (χ2v) is 12.8. The highest BCUT2D eigenvalue weighted by Crippen LogP contribution is 2.34. The predicted molar refractivity (Wildman–Crippen MR) is 188 cm³/mol. The van der Waals surface area contributed by atoms with Gasteiger partial charge in [-0.25, -0.2) is 0 Å². The van der Waals surface area contributed by atoms with Crippen LogP contribution in [0.2, 0.25) is 0 Å². The number of fused-ring (bicyclic) bond motifs is 1. The average Bonchev–Trinajstić information content (AvgIpc) is 3.42. The van der Waals surface area contributed by atoms with Crippen molar-refractivity contribution in [1.29, 1.82) is 0 Å². The normalized spacial score (nSPS) is 16.3. The van der Waals surface area contributed by atoms with Gasteiger partial charge < -0.3 is 29.0 Å². The zero-order valence-corrected chi connectivity index (χ0v) is 28.8. The maximum atomic E-state index is 14.7. The molecule has 1 saturated heterocycles. The maximum absolute atomic E-state index is 14.7. The minimum Gasteiger partial charge on any atom is -0.494 e. The van der Waals surface area contributed by atoms with E-state index in [1.165, 1.54) is 17.7 Å². The van der Waals surface area contributed by atoms with Gasteiger partial charge >= 0.3 is 6.61 Å². The number of carbonyl (C=O) groups is 2. The lowest BCUT2D eigenvalue weighted by Crippen LogP contribution is -2.52. The van der Waals surface area contributed by atoms with Gasteiger partial charge in [-0.3, -0.25) is 14.5 Å². The highest BCUT2D eigenvalue weighted by atomic mass is 19.3. The number of rotatable bonds is 12. The SMILES string of the molecule is CCCCOc1ccc(NC(=O)c2cc(-c3ccc(OC(F)F)cc3C(=O)N3Cc4ccccc4C[C@H]3CN3CCOCC3)n(C)c2C)cc1. The van der Waals surface area contributed by atoms with Gasteiger partial charge in [-0.1, -0.05) is 37.6 Å². The van der Waals surface area contributed by atoms with Crippen LogP contribution in [0.1, 0.15) is 57.3 Å². The largest absolute Gasteiger partial charge is 0.494 e. The minimum atomic E-state index is -3.05. The molecule has 4 aromatic rings. The summed E-state index contributed by atoms with van der Waals surface area (Å²) in [5.74, 6) is 0.0158. The van der Waals surface area contributed by atoms with E-state index in [0.717, 1.165) is 37.2 Å². The molecule has 1 aromatic heterocycles. The number of nitrogens with zero attached hydrogens (tertiary/aromatic N) is 3. The number of hydrogen-bond acceptors (Lipinski definition) is 6. The molecule has 50 heavy (non-hydrogen) atoms. The van der Waals surface area contributed by atoms with Crippen LogP contribution in [0.25, 0.3) is 11.3 Å². The van der Waals surface area contributed by atoms with E-state index in [4.69, 9.17) is 14.2 Å². The fourth-order valence-corrected chi connectivity index (χ4v) is 6.68. The Morgan fingerprint density at radius 1 is 0.960 bits per heavy atom. The van der Waals surface area contributed by atoms with Gasteiger partial charge in [-0.15, -0.1) is 0 Å². The van der Waals surface area contributed by atoms with E-state index in [0.29, 0.717) is 67.5 Å². The third kappa shape index (κ3) is 8.00. The molecule has 0 aliphatic carbocycles. The summed E-state index contributed by atoms with van der Waals surface area (Å²) < 4.78 is 44.7. The van der Waals surface area contributed by atoms with Crippen molar-refractivity contribution >= 4 is 17.5 Å². The number of halogens is 2. The highest BCUT2D eigenvalue weighted by molar-refractivity contribution is 6.07. The molecule has 2 amide bonds. The third-order valence-electron chi connectivity index (χ3n) is 9.57. The first kappa shape index (κ1) is 35.1.